The van der Waals surface area contributed by atoms with Crippen molar-refractivity contribution in [1.82, 2.24) is 10.3 Å². The summed E-state index contributed by atoms with van der Waals surface area (Å²) in [6.45, 7) is -0.545. The van der Waals surface area contributed by atoms with Crippen molar-refractivity contribution in [2.75, 3.05) is 6.61 Å². The average molecular weight is 383 g/mol. The first-order valence-corrected chi connectivity index (χ1v) is 8.49. The first kappa shape index (κ1) is 18.5. The molecule has 1 N–H and O–H groups in total. The number of imide groups is 1. The molecule has 0 unspecified atom stereocenters. The zero-order valence-electron chi connectivity index (χ0n) is 14.1. The lowest BCUT2D eigenvalue weighted by atomic mass is 10.1. The topological polar surface area (TPSA) is 85.4 Å². The van der Waals surface area contributed by atoms with Gasteiger partial charge in [0.1, 0.15) is 5.15 Å². The molecular weight excluding hydrogens is 368 g/mol. The van der Waals surface area contributed by atoms with Gasteiger partial charge in [-0.25, -0.2) is 9.78 Å². The van der Waals surface area contributed by atoms with Crippen LogP contribution >= 0.6 is 11.6 Å². The summed E-state index contributed by atoms with van der Waals surface area (Å²) in [5.74, 6) is -1.81. The van der Waals surface area contributed by atoms with Crippen LogP contribution < -0.4 is 5.32 Å². The number of hydrogen-bond acceptors (Lipinski definition) is 5. The van der Waals surface area contributed by atoms with Gasteiger partial charge >= 0.3 is 5.97 Å². The molecule has 0 spiro atoms. The van der Waals surface area contributed by atoms with Gasteiger partial charge in [0.2, 0.25) is 5.91 Å². The van der Waals surface area contributed by atoms with Crippen LogP contribution in [0.2, 0.25) is 5.15 Å². The van der Waals surface area contributed by atoms with Crippen LogP contribution in [-0.2, 0) is 20.7 Å². The zero-order chi connectivity index (χ0) is 19.2. The minimum Gasteiger partial charge on any atom is -0.452 e. The number of halogens is 1. The largest absolute Gasteiger partial charge is 0.452 e. The number of amides is 2. The second-order valence-corrected chi connectivity index (χ2v) is 6.14. The standard InChI is InChI=1S/C20H15ClN2O4/c21-17-9-7-14-11-15(6-8-16(14)22-17)20(26)27-12-19(25)23-18(24)10-13-4-2-1-3-5-13/h1-9,11H,10,12H2,(H,23,24,25). The van der Waals surface area contributed by atoms with Crippen molar-refractivity contribution < 1.29 is 19.1 Å². The fraction of sp³-hybridized carbons (Fsp3) is 0.100. The normalized spacial score (nSPS) is 10.4. The third-order valence-electron chi connectivity index (χ3n) is 3.71. The van der Waals surface area contributed by atoms with Gasteiger partial charge in [-0.2, -0.15) is 0 Å². The fourth-order valence-corrected chi connectivity index (χ4v) is 2.61. The minimum atomic E-state index is -0.682. The number of aromatic nitrogens is 1. The first-order chi connectivity index (χ1) is 13.0. The molecule has 0 atom stereocenters. The third kappa shape index (κ3) is 5.12. The number of pyridine rings is 1. The first-order valence-electron chi connectivity index (χ1n) is 8.11. The van der Waals surface area contributed by atoms with E-state index in [4.69, 9.17) is 16.3 Å². The van der Waals surface area contributed by atoms with E-state index >= 15 is 0 Å². The highest BCUT2D eigenvalue weighted by Gasteiger charge is 2.13. The Hall–Kier alpha value is -3.25. The molecule has 0 aliphatic heterocycles. The van der Waals surface area contributed by atoms with E-state index in [0.717, 1.165) is 10.9 Å². The maximum atomic E-state index is 12.1. The van der Waals surface area contributed by atoms with Crippen LogP contribution in [0.4, 0.5) is 0 Å². The van der Waals surface area contributed by atoms with Crippen LogP contribution in [0.3, 0.4) is 0 Å². The van der Waals surface area contributed by atoms with Gasteiger partial charge in [0, 0.05) is 5.39 Å². The smallest absolute Gasteiger partial charge is 0.338 e. The fourth-order valence-electron chi connectivity index (χ4n) is 2.46. The highest BCUT2D eigenvalue weighted by atomic mass is 35.5. The Morgan fingerprint density at radius 1 is 0.963 bits per heavy atom. The molecule has 3 rings (SSSR count). The van der Waals surface area contributed by atoms with Crippen LogP contribution in [-0.4, -0.2) is 29.4 Å². The summed E-state index contributed by atoms with van der Waals surface area (Å²) < 4.78 is 4.96. The van der Waals surface area contributed by atoms with Crippen LogP contribution in [0.5, 0.6) is 0 Å². The molecule has 1 aromatic heterocycles. The van der Waals surface area contributed by atoms with Crippen molar-refractivity contribution in [3.05, 3.63) is 76.9 Å². The lowest BCUT2D eigenvalue weighted by Gasteiger charge is -2.07. The molecule has 0 saturated heterocycles. The number of nitrogens with one attached hydrogen (secondary N) is 1. The summed E-state index contributed by atoms with van der Waals surface area (Å²) in [5.41, 5.74) is 1.70. The number of carbonyl (C=O) groups is 3. The zero-order valence-corrected chi connectivity index (χ0v) is 14.9. The highest BCUT2D eigenvalue weighted by molar-refractivity contribution is 6.29. The van der Waals surface area contributed by atoms with E-state index in [-0.39, 0.29) is 12.0 Å². The van der Waals surface area contributed by atoms with E-state index in [2.05, 4.69) is 10.3 Å². The Morgan fingerprint density at radius 3 is 2.52 bits per heavy atom. The maximum Gasteiger partial charge on any atom is 0.338 e. The monoisotopic (exact) mass is 382 g/mol. The lowest BCUT2D eigenvalue weighted by molar-refractivity contribution is -0.132. The van der Waals surface area contributed by atoms with Gasteiger partial charge < -0.3 is 4.74 Å². The summed E-state index contributed by atoms with van der Waals surface area (Å²) in [6, 6.07) is 17.1. The molecule has 27 heavy (non-hydrogen) atoms. The molecule has 0 aliphatic carbocycles. The number of carbonyl (C=O) groups excluding carboxylic acids is 3. The van der Waals surface area contributed by atoms with Gasteiger partial charge in [0.15, 0.2) is 6.61 Å². The second-order valence-electron chi connectivity index (χ2n) is 5.75. The van der Waals surface area contributed by atoms with Gasteiger partial charge in [0.05, 0.1) is 17.5 Å². The van der Waals surface area contributed by atoms with E-state index in [1.807, 2.05) is 6.07 Å². The molecule has 0 bridgehead atoms. The quantitative estimate of drug-likeness (QED) is 0.541. The Kier molecular flexibility index (Phi) is 5.78. The Labute approximate surface area is 160 Å². The van der Waals surface area contributed by atoms with Crippen LogP contribution in [0.25, 0.3) is 10.9 Å². The number of rotatable bonds is 5. The molecule has 0 saturated carbocycles. The number of benzene rings is 2. The number of fused-ring (bicyclic) bond motifs is 1. The molecule has 2 aromatic carbocycles. The van der Waals surface area contributed by atoms with Crippen LogP contribution in [0.1, 0.15) is 15.9 Å². The molecule has 7 heteroatoms. The number of hydrogen-bond donors (Lipinski definition) is 1. The Bertz CT molecular complexity index is 1010. The average Bonchev–Trinajstić information content (AvgIpc) is 2.66. The lowest BCUT2D eigenvalue weighted by Crippen LogP contribution is -2.35. The Balaban J connectivity index is 1.53. The van der Waals surface area contributed by atoms with Gasteiger partial charge in [-0.05, 0) is 35.9 Å². The third-order valence-corrected chi connectivity index (χ3v) is 3.92. The summed E-state index contributed by atoms with van der Waals surface area (Å²) in [7, 11) is 0. The van der Waals surface area contributed by atoms with E-state index in [9.17, 15) is 14.4 Å². The summed E-state index contributed by atoms with van der Waals surface area (Å²) >= 11 is 5.82. The van der Waals surface area contributed by atoms with Gasteiger partial charge in [-0.3, -0.25) is 14.9 Å². The predicted molar refractivity (Wildman–Crippen MR) is 100 cm³/mol. The van der Waals surface area contributed by atoms with Gasteiger partial charge in [-0.15, -0.1) is 0 Å². The molecule has 6 nitrogen and oxygen atoms in total. The molecule has 0 radical (unpaired) electrons. The van der Waals surface area contributed by atoms with Crippen LogP contribution in [0, 0.1) is 0 Å². The van der Waals surface area contributed by atoms with Crippen LogP contribution in [0.15, 0.2) is 60.7 Å². The van der Waals surface area contributed by atoms with Crippen molar-refractivity contribution in [1.29, 1.82) is 0 Å². The van der Waals surface area contributed by atoms with E-state index in [1.165, 1.54) is 6.07 Å². The Morgan fingerprint density at radius 2 is 1.74 bits per heavy atom. The molecular formula is C20H15ClN2O4. The molecule has 3 aromatic rings. The molecule has 0 aliphatic rings. The number of esters is 1. The van der Waals surface area contributed by atoms with Crippen molar-refractivity contribution in [2.45, 2.75) is 6.42 Å². The highest BCUT2D eigenvalue weighted by Crippen LogP contribution is 2.17. The van der Waals surface area contributed by atoms with Crippen molar-refractivity contribution in [3.8, 4) is 0 Å². The van der Waals surface area contributed by atoms with Gasteiger partial charge in [-0.1, -0.05) is 41.9 Å². The second kappa shape index (κ2) is 8.42. The predicted octanol–water partition coefficient (Wildman–Crippen LogP) is 2.93. The molecule has 0 fully saturated rings. The van der Waals surface area contributed by atoms with E-state index in [0.29, 0.717) is 10.7 Å². The van der Waals surface area contributed by atoms with E-state index in [1.54, 1.807) is 48.5 Å². The summed E-state index contributed by atoms with van der Waals surface area (Å²) in [6.07, 6.45) is 0.0702. The number of nitrogens with zero attached hydrogens (tertiary/aromatic N) is 1. The van der Waals surface area contributed by atoms with Crippen molar-refractivity contribution >= 4 is 40.3 Å². The van der Waals surface area contributed by atoms with Crippen molar-refractivity contribution in [3.63, 3.8) is 0 Å². The number of ether oxygens (including phenoxy) is 1. The maximum absolute atomic E-state index is 12.1. The molecule has 1 heterocycles. The van der Waals surface area contributed by atoms with Gasteiger partial charge in [0.25, 0.3) is 5.91 Å². The molecule has 136 valence electrons. The summed E-state index contributed by atoms with van der Waals surface area (Å²) in [4.78, 5) is 39.8. The minimum absolute atomic E-state index is 0.0702. The SMILES string of the molecule is O=C(COC(=O)c1ccc2nc(Cl)ccc2c1)NC(=O)Cc1ccccc1. The molecule has 2 amide bonds. The van der Waals surface area contributed by atoms with Crippen molar-refractivity contribution in [2.24, 2.45) is 0 Å². The summed E-state index contributed by atoms with van der Waals surface area (Å²) in [5, 5.41) is 3.27. The van der Waals surface area contributed by atoms with E-state index < -0.39 is 24.4 Å².